The summed E-state index contributed by atoms with van der Waals surface area (Å²) in [6, 6.07) is 5.96. The van der Waals surface area contributed by atoms with E-state index in [1.165, 1.54) is 18.2 Å². The van der Waals surface area contributed by atoms with Crippen LogP contribution in [-0.4, -0.2) is 24.5 Å². The molecular formula is C13H15F3N2OS. The molecule has 1 fully saturated rings. The number of thioether (sulfide) groups is 1. The molecule has 20 heavy (non-hydrogen) atoms. The molecule has 1 amide bonds. The average Bonchev–Trinajstić information content (AvgIpc) is 2.76. The van der Waals surface area contributed by atoms with E-state index in [1.54, 1.807) is 6.07 Å². The number of para-hydroxylation sites is 1. The summed E-state index contributed by atoms with van der Waals surface area (Å²) >= 11 is -0.218. The van der Waals surface area contributed by atoms with Crippen molar-refractivity contribution in [1.82, 2.24) is 5.32 Å². The third kappa shape index (κ3) is 3.89. The normalized spacial score (nSPS) is 22.8. The molecule has 0 radical (unpaired) electrons. The largest absolute Gasteiger partial charge is 0.446 e. The first-order valence-corrected chi connectivity index (χ1v) is 7.05. The Balaban J connectivity index is 2.11. The van der Waals surface area contributed by atoms with Gasteiger partial charge >= 0.3 is 5.51 Å². The molecule has 0 saturated carbocycles. The minimum Gasteiger partial charge on any atom is -0.325 e. The first kappa shape index (κ1) is 15.2. The molecule has 1 saturated heterocycles. The van der Waals surface area contributed by atoms with Crippen LogP contribution < -0.4 is 10.6 Å². The van der Waals surface area contributed by atoms with Gasteiger partial charge in [0.1, 0.15) is 0 Å². The zero-order chi connectivity index (χ0) is 14.8. The van der Waals surface area contributed by atoms with Crippen molar-refractivity contribution >= 4 is 23.4 Å². The van der Waals surface area contributed by atoms with Crippen LogP contribution >= 0.6 is 11.8 Å². The number of halogens is 3. The van der Waals surface area contributed by atoms with Gasteiger partial charge in [0.05, 0.1) is 11.6 Å². The van der Waals surface area contributed by atoms with Gasteiger partial charge in [-0.05, 0) is 36.4 Å². The van der Waals surface area contributed by atoms with Crippen molar-refractivity contribution in [2.45, 2.75) is 17.3 Å². The molecule has 1 heterocycles. The van der Waals surface area contributed by atoms with Crippen molar-refractivity contribution in [2.24, 2.45) is 11.8 Å². The highest BCUT2D eigenvalue weighted by Crippen LogP contribution is 2.40. The fraction of sp³-hybridized carbons (Fsp3) is 0.462. The minimum atomic E-state index is -4.37. The topological polar surface area (TPSA) is 41.1 Å². The van der Waals surface area contributed by atoms with Crippen LogP contribution in [0.2, 0.25) is 0 Å². The molecular weight excluding hydrogens is 289 g/mol. The van der Waals surface area contributed by atoms with Crippen molar-refractivity contribution in [3.8, 4) is 0 Å². The van der Waals surface area contributed by atoms with Crippen molar-refractivity contribution in [2.75, 3.05) is 18.4 Å². The van der Waals surface area contributed by atoms with Gasteiger partial charge < -0.3 is 10.6 Å². The maximum Gasteiger partial charge on any atom is 0.446 e. The second-order valence-corrected chi connectivity index (χ2v) is 5.88. The van der Waals surface area contributed by atoms with Crippen LogP contribution in [0.1, 0.15) is 6.92 Å². The Morgan fingerprint density at radius 3 is 2.65 bits per heavy atom. The number of carbonyl (C=O) groups is 1. The molecule has 2 rings (SSSR count). The molecule has 7 heteroatoms. The average molecular weight is 304 g/mol. The maximum absolute atomic E-state index is 12.5. The van der Waals surface area contributed by atoms with E-state index < -0.39 is 5.51 Å². The predicted octanol–water partition coefficient (Wildman–Crippen LogP) is 3.09. The van der Waals surface area contributed by atoms with Gasteiger partial charge in [0, 0.05) is 11.4 Å². The van der Waals surface area contributed by atoms with Gasteiger partial charge in [-0.1, -0.05) is 19.1 Å². The van der Waals surface area contributed by atoms with E-state index >= 15 is 0 Å². The van der Waals surface area contributed by atoms with Crippen LogP contribution in [0.25, 0.3) is 0 Å². The molecule has 0 aliphatic carbocycles. The number of hydrogen-bond acceptors (Lipinski definition) is 3. The molecule has 0 spiro atoms. The molecule has 1 aromatic rings. The number of carbonyl (C=O) groups excluding carboxylic acids is 1. The maximum atomic E-state index is 12.5. The summed E-state index contributed by atoms with van der Waals surface area (Å²) in [6.07, 6.45) is 0. The van der Waals surface area contributed by atoms with E-state index in [4.69, 9.17) is 0 Å². The van der Waals surface area contributed by atoms with E-state index in [0.717, 1.165) is 6.54 Å². The van der Waals surface area contributed by atoms with Crippen LogP contribution in [0.4, 0.5) is 18.9 Å². The third-order valence-electron chi connectivity index (χ3n) is 3.22. The Bertz CT molecular complexity index is 493. The van der Waals surface area contributed by atoms with Crippen LogP contribution in [0.3, 0.4) is 0 Å². The molecule has 110 valence electrons. The summed E-state index contributed by atoms with van der Waals surface area (Å²) in [5.41, 5.74) is -4.16. The van der Waals surface area contributed by atoms with Crippen LogP contribution in [0.15, 0.2) is 29.2 Å². The Morgan fingerprint density at radius 1 is 1.35 bits per heavy atom. The number of alkyl halides is 3. The Hall–Kier alpha value is -1.21. The Labute approximate surface area is 119 Å². The quantitative estimate of drug-likeness (QED) is 0.843. The fourth-order valence-corrected chi connectivity index (χ4v) is 2.80. The molecule has 3 nitrogen and oxygen atoms in total. The lowest BCUT2D eigenvalue weighted by Gasteiger charge is -2.16. The van der Waals surface area contributed by atoms with E-state index in [-0.39, 0.29) is 40.1 Å². The van der Waals surface area contributed by atoms with Gasteiger partial charge in [-0.15, -0.1) is 0 Å². The molecule has 1 aromatic carbocycles. The highest BCUT2D eigenvalue weighted by atomic mass is 32.2. The Morgan fingerprint density at radius 2 is 2.05 bits per heavy atom. The molecule has 0 aromatic heterocycles. The van der Waals surface area contributed by atoms with Gasteiger partial charge in [-0.3, -0.25) is 4.79 Å². The van der Waals surface area contributed by atoms with Crippen LogP contribution in [0, 0.1) is 11.8 Å². The first-order valence-electron chi connectivity index (χ1n) is 6.23. The third-order valence-corrected chi connectivity index (χ3v) is 4.03. The monoisotopic (exact) mass is 304 g/mol. The SMILES string of the molecule is CC1CNCC1C(=O)Nc1ccccc1SC(F)(F)F. The highest BCUT2D eigenvalue weighted by molar-refractivity contribution is 8.00. The smallest absolute Gasteiger partial charge is 0.325 e. The van der Waals surface area contributed by atoms with Crippen molar-refractivity contribution in [3.05, 3.63) is 24.3 Å². The molecule has 1 aliphatic rings. The van der Waals surface area contributed by atoms with E-state index in [1.807, 2.05) is 6.92 Å². The molecule has 2 atom stereocenters. The van der Waals surface area contributed by atoms with Gasteiger partial charge in [0.25, 0.3) is 0 Å². The summed E-state index contributed by atoms with van der Waals surface area (Å²) < 4.78 is 37.4. The second kappa shape index (κ2) is 6.05. The van der Waals surface area contributed by atoms with E-state index in [0.29, 0.717) is 6.54 Å². The number of rotatable bonds is 3. The number of hydrogen-bond donors (Lipinski definition) is 2. The predicted molar refractivity (Wildman–Crippen MR) is 72.5 cm³/mol. The number of amides is 1. The number of nitrogens with one attached hydrogen (secondary N) is 2. The number of anilines is 1. The summed E-state index contributed by atoms with van der Waals surface area (Å²) in [7, 11) is 0. The molecule has 1 aliphatic heterocycles. The van der Waals surface area contributed by atoms with Gasteiger partial charge in [0.2, 0.25) is 5.91 Å². The lowest BCUT2D eigenvalue weighted by atomic mass is 9.97. The molecule has 2 N–H and O–H groups in total. The van der Waals surface area contributed by atoms with Gasteiger partial charge in [-0.2, -0.15) is 13.2 Å². The summed E-state index contributed by atoms with van der Waals surface area (Å²) in [4.78, 5) is 12.1. The van der Waals surface area contributed by atoms with E-state index in [9.17, 15) is 18.0 Å². The summed E-state index contributed by atoms with van der Waals surface area (Å²) in [6.45, 7) is 3.25. The number of benzene rings is 1. The van der Waals surface area contributed by atoms with Crippen molar-refractivity contribution in [1.29, 1.82) is 0 Å². The molecule has 2 unspecified atom stereocenters. The van der Waals surface area contributed by atoms with E-state index in [2.05, 4.69) is 10.6 Å². The fourth-order valence-electron chi connectivity index (χ4n) is 2.17. The zero-order valence-corrected chi connectivity index (χ0v) is 11.6. The first-order chi connectivity index (χ1) is 9.37. The van der Waals surface area contributed by atoms with Crippen molar-refractivity contribution in [3.63, 3.8) is 0 Å². The summed E-state index contributed by atoms with van der Waals surface area (Å²) in [5.74, 6) is -0.269. The van der Waals surface area contributed by atoms with Gasteiger partial charge in [-0.25, -0.2) is 0 Å². The lowest BCUT2D eigenvalue weighted by Crippen LogP contribution is -2.28. The van der Waals surface area contributed by atoms with Crippen molar-refractivity contribution < 1.29 is 18.0 Å². The van der Waals surface area contributed by atoms with Crippen LogP contribution in [-0.2, 0) is 4.79 Å². The standard InChI is InChI=1S/C13H15F3N2OS/c1-8-6-17-7-9(8)12(19)18-10-4-2-3-5-11(10)20-13(14,15)16/h2-5,8-9,17H,6-7H2,1H3,(H,18,19). The van der Waals surface area contributed by atoms with Crippen LogP contribution in [0.5, 0.6) is 0 Å². The summed E-state index contributed by atoms with van der Waals surface area (Å²) in [5, 5.41) is 5.70. The highest BCUT2D eigenvalue weighted by Gasteiger charge is 2.32. The lowest BCUT2D eigenvalue weighted by molar-refractivity contribution is -0.120. The molecule has 0 bridgehead atoms. The Kier molecular flexibility index (Phi) is 4.59. The second-order valence-electron chi connectivity index (χ2n) is 4.78. The minimum absolute atomic E-state index is 0.00644. The zero-order valence-electron chi connectivity index (χ0n) is 10.8. The van der Waals surface area contributed by atoms with Gasteiger partial charge in [0.15, 0.2) is 0 Å².